The summed E-state index contributed by atoms with van der Waals surface area (Å²) < 4.78 is 5.18. The molecular formula is C15H15NO2. The molecule has 3 heteroatoms. The topological polar surface area (TPSA) is 52.3 Å². The molecule has 0 saturated carbocycles. The fraction of sp³-hybridized carbons (Fsp3) is 0.133. The summed E-state index contributed by atoms with van der Waals surface area (Å²) in [5.41, 5.74) is 7.87. The van der Waals surface area contributed by atoms with Gasteiger partial charge in [-0.2, -0.15) is 0 Å². The molecular weight excluding hydrogens is 226 g/mol. The Kier molecular flexibility index (Phi) is 3.63. The lowest BCUT2D eigenvalue weighted by Crippen LogP contribution is -2.05. The fourth-order valence-electron chi connectivity index (χ4n) is 1.86. The number of anilines is 1. The Balaban J connectivity index is 2.22. The van der Waals surface area contributed by atoms with Crippen molar-refractivity contribution in [2.75, 3.05) is 12.8 Å². The Bertz CT molecular complexity index is 564. The summed E-state index contributed by atoms with van der Waals surface area (Å²) in [6, 6.07) is 14.6. The molecule has 0 atom stereocenters. The Hall–Kier alpha value is -2.29. The Morgan fingerprint density at radius 1 is 1.17 bits per heavy atom. The highest BCUT2D eigenvalue weighted by Crippen LogP contribution is 2.20. The number of methoxy groups -OCH3 is 1. The molecule has 0 bridgehead atoms. The molecule has 2 aromatic carbocycles. The molecule has 2 N–H and O–H groups in total. The van der Waals surface area contributed by atoms with Crippen LogP contribution in [0, 0.1) is 0 Å². The number of hydrogen-bond donors (Lipinski definition) is 1. The number of ketones is 1. The van der Waals surface area contributed by atoms with Gasteiger partial charge in [0, 0.05) is 12.1 Å². The van der Waals surface area contributed by atoms with E-state index in [0.717, 1.165) is 5.56 Å². The predicted molar refractivity (Wildman–Crippen MR) is 71.9 cm³/mol. The highest BCUT2D eigenvalue weighted by atomic mass is 16.5. The molecule has 0 aliphatic carbocycles. The van der Waals surface area contributed by atoms with E-state index in [1.165, 1.54) is 0 Å². The summed E-state index contributed by atoms with van der Waals surface area (Å²) in [6.45, 7) is 0. The normalized spacial score (nSPS) is 10.1. The standard InChI is InChI=1S/C15H15NO2/c1-18-15-8-3-2-7-13(15)14(17)10-11-5-4-6-12(16)9-11/h2-9H,10,16H2,1H3. The van der Waals surface area contributed by atoms with E-state index in [2.05, 4.69) is 0 Å². The number of carbonyl (C=O) groups excluding carboxylic acids is 1. The summed E-state index contributed by atoms with van der Waals surface area (Å²) >= 11 is 0. The Morgan fingerprint density at radius 2 is 1.94 bits per heavy atom. The minimum Gasteiger partial charge on any atom is -0.496 e. The van der Waals surface area contributed by atoms with Crippen LogP contribution in [0.5, 0.6) is 5.75 Å². The van der Waals surface area contributed by atoms with E-state index in [1.54, 1.807) is 25.3 Å². The number of rotatable bonds is 4. The first-order valence-electron chi connectivity index (χ1n) is 5.71. The average Bonchev–Trinajstić information content (AvgIpc) is 2.38. The Labute approximate surface area is 106 Å². The van der Waals surface area contributed by atoms with Gasteiger partial charge in [-0.15, -0.1) is 0 Å². The van der Waals surface area contributed by atoms with Gasteiger partial charge < -0.3 is 10.5 Å². The number of Topliss-reactive ketones (excluding diaryl/α,β-unsaturated/α-hetero) is 1. The van der Waals surface area contributed by atoms with Crippen molar-refractivity contribution in [3.05, 3.63) is 59.7 Å². The van der Waals surface area contributed by atoms with Crippen LogP contribution < -0.4 is 10.5 Å². The van der Waals surface area contributed by atoms with Crippen LogP contribution >= 0.6 is 0 Å². The minimum atomic E-state index is 0.0260. The number of benzene rings is 2. The van der Waals surface area contributed by atoms with Crippen molar-refractivity contribution < 1.29 is 9.53 Å². The molecule has 18 heavy (non-hydrogen) atoms. The first-order chi connectivity index (χ1) is 8.70. The molecule has 2 aromatic rings. The maximum Gasteiger partial charge on any atom is 0.170 e. The van der Waals surface area contributed by atoms with E-state index in [1.807, 2.05) is 30.3 Å². The van der Waals surface area contributed by atoms with Crippen LogP contribution in [-0.4, -0.2) is 12.9 Å². The van der Waals surface area contributed by atoms with E-state index in [4.69, 9.17) is 10.5 Å². The van der Waals surface area contributed by atoms with Crippen molar-refractivity contribution >= 4 is 11.5 Å². The summed E-state index contributed by atoms with van der Waals surface area (Å²) in [5, 5.41) is 0. The van der Waals surface area contributed by atoms with E-state index in [9.17, 15) is 4.79 Å². The third-order valence-corrected chi connectivity index (χ3v) is 2.72. The second-order valence-electron chi connectivity index (χ2n) is 4.05. The lowest BCUT2D eigenvalue weighted by Gasteiger charge is -2.07. The van der Waals surface area contributed by atoms with Crippen molar-refractivity contribution in [2.24, 2.45) is 0 Å². The second-order valence-corrected chi connectivity index (χ2v) is 4.05. The molecule has 92 valence electrons. The van der Waals surface area contributed by atoms with Crippen molar-refractivity contribution in [3.8, 4) is 5.75 Å². The van der Waals surface area contributed by atoms with Gasteiger partial charge in [0.15, 0.2) is 5.78 Å². The molecule has 2 rings (SSSR count). The molecule has 0 heterocycles. The van der Waals surface area contributed by atoms with Crippen molar-refractivity contribution in [1.82, 2.24) is 0 Å². The number of ether oxygens (including phenoxy) is 1. The van der Waals surface area contributed by atoms with Gasteiger partial charge in [-0.3, -0.25) is 4.79 Å². The van der Waals surface area contributed by atoms with Gasteiger partial charge in [0.2, 0.25) is 0 Å². The summed E-state index contributed by atoms with van der Waals surface area (Å²) in [5.74, 6) is 0.629. The molecule has 0 amide bonds. The monoisotopic (exact) mass is 241 g/mol. The maximum absolute atomic E-state index is 12.2. The molecule has 0 aliphatic heterocycles. The zero-order chi connectivity index (χ0) is 13.0. The first-order valence-corrected chi connectivity index (χ1v) is 5.71. The highest BCUT2D eigenvalue weighted by molar-refractivity contribution is 6.00. The van der Waals surface area contributed by atoms with Gasteiger partial charge in [0.05, 0.1) is 12.7 Å². The number of para-hydroxylation sites is 1. The van der Waals surface area contributed by atoms with E-state index in [0.29, 0.717) is 23.4 Å². The van der Waals surface area contributed by atoms with Crippen molar-refractivity contribution in [3.63, 3.8) is 0 Å². The largest absolute Gasteiger partial charge is 0.496 e. The van der Waals surface area contributed by atoms with Gasteiger partial charge in [-0.05, 0) is 29.8 Å². The lowest BCUT2D eigenvalue weighted by molar-refractivity contribution is 0.0990. The number of nitrogens with two attached hydrogens (primary N) is 1. The van der Waals surface area contributed by atoms with Crippen molar-refractivity contribution in [2.45, 2.75) is 6.42 Å². The van der Waals surface area contributed by atoms with Gasteiger partial charge >= 0.3 is 0 Å². The second kappa shape index (κ2) is 5.36. The maximum atomic E-state index is 12.2. The number of hydrogen-bond acceptors (Lipinski definition) is 3. The van der Waals surface area contributed by atoms with Gasteiger partial charge in [-0.1, -0.05) is 24.3 Å². The predicted octanol–water partition coefficient (Wildman–Crippen LogP) is 2.70. The number of carbonyl (C=O) groups is 1. The number of nitrogen functional groups attached to an aromatic ring is 1. The van der Waals surface area contributed by atoms with Crippen LogP contribution in [0.15, 0.2) is 48.5 Å². The van der Waals surface area contributed by atoms with Crippen LogP contribution in [0.4, 0.5) is 5.69 Å². The van der Waals surface area contributed by atoms with E-state index < -0.39 is 0 Å². The zero-order valence-corrected chi connectivity index (χ0v) is 10.2. The minimum absolute atomic E-state index is 0.0260. The Morgan fingerprint density at radius 3 is 2.67 bits per heavy atom. The molecule has 0 aliphatic rings. The average molecular weight is 241 g/mol. The van der Waals surface area contributed by atoms with Crippen LogP contribution in [0.2, 0.25) is 0 Å². The fourth-order valence-corrected chi connectivity index (χ4v) is 1.86. The van der Waals surface area contributed by atoms with Gasteiger partial charge in [-0.25, -0.2) is 0 Å². The van der Waals surface area contributed by atoms with Crippen LogP contribution in [-0.2, 0) is 6.42 Å². The van der Waals surface area contributed by atoms with Crippen LogP contribution in [0.25, 0.3) is 0 Å². The molecule has 0 aromatic heterocycles. The zero-order valence-electron chi connectivity index (χ0n) is 10.2. The van der Waals surface area contributed by atoms with E-state index in [-0.39, 0.29) is 5.78 Å². The molecule has 0 spiro atoms. The molecule has 0 fully saturated rings. The van der Waals surface area contributed by atoms with Crippen LogP contribution in [0.1, 0.15) is 15.9 Å². The molecule has 0 unspecified atom stereocenters. The molecule has 0 saturated heterocycles. The lowest BCUT2D eigenvalue weighted by atomic mass is 10.0. The van der Waals surface area contributed by atoms with Crippen LogP contribution in [0.3, 0.4) is 0 Å². The van der Waals surface area contributed by atoms with Gasteiger partial charge in [0.25, 0.3) is 0 Å². The SMILES string of the molecule is COc1ccccc1C(=O)Cc1cccc(N)c1. The summed E-state index contributed by atoms with van der Waals surface area (Å²) in [4.78, 5) is 12.2. The molecule has 0 radical (unpaired) electrons. The van der Waals surface area contributed by atoms with E-state index >= 15 is 0 Å². The quantitative estimate of drug-likeness (QED) is 0.661. The van der Waals surface area contributed by atoms with Gasteiger partial charge in [0.1, 0.15) is 5.75 Å². The third kappa shape index (κ3) is 2.69. The first kappa shape index (κ1) is 12.2. The smallest absolute Gasteiger partial charge is 0.170 e. The molecule has 3 nitrogen and oxygen atoms in total. The summed E-state index contributed by atoms with van der Waals surface area (Å²) in [7, 11) is 1.56. The third-order valence-electron chi connectivity index (χ3n) is 2.72. The highest BCUT2D eigenvalue weighted by Gasteiger charge is 2.11. The van der Waals surface area contributed by atoms with Crippen molar-refractivity contribution in [1.29, 1.82) is 0 Å². The summed E-state index contributed by atoms with van der Waals surface area (Å²) in [6.07, 6.45) is 0.325.